The SMILES string of the molecule is COC1CC(N(C)C(=O)Nc2cncc(Cl)c2C)C12CCC2. The predicted molar refractivity (Wildman–Crippen MR) is 86.3 cm³/mol. The van der Waals surface area contributed by atoms with Crippen LogP contribution in [0, 0.1) is 12.3 Å². The molecule has 0 aromatic carbocycles. The van der Waals surface area contributed by atoms with Crippen molar-refractivity contribution in [3.05, 3.63) is 23.0 Å². The highest BCUT2D eigenvalue weighted by molar-refractivity contribution is 6.31. The van der Waals surface area contributed by atoms with Crippen molar-refractivity contribution in [2.45, 2.75) is 44.8 Å². The van der Waals surface area contributed by atoms with Crippen LogP contribution in [0.25, 0.3) is 0 Å². The number of methoxy groups -OCH3 is 1. The summed E-state index contributed by atoms with van der Waals surface area (Å²) in [6.45, 7) is 1.87. The molecule has 1 aromatic heterocycles. The number of carbonyl (C=O) groups excluding carboxylic acids is 1. The molecule has 3 rings (SSSR count). The van der Waals surface area contributed by atoms with E-state index in [0.29, 0.717) is 10.7 Å². The van der Waals surface area contributed by atoms with Gasteiger partial charge in [-0.2, -0.15) is 0 Å². The lowest BCUT2D eigenvalue weighted by molar-refractivity contribution is -0.181. The molecule has 2 aliphatic rings. The monoisotopic (exact) mass is 323 g/mol. The molecule has 1 N–H and O–H groups in total. The number of anilines is 1. The van der Waals surface area contributed by atoms with Gasteiger partial charge in [0.25, 0.3) is 0 Å². The summed E-state index contributed by atoms with van der Waals surface area (Å²) in [4.78, 5) is 18.4. The van der Waals surface area contributed by atoms with Gasteiger partial charge in [-0.1, -0.05) is 18.0 Å². The van der Waals surface area contributed by atoms with E-state index < -0.39 is 0 Å². The van der Waals surface area contributed by atoms with Crippen LogP contribution in [-0.2, 0) is 4.74 Å². The van der Waals surface area contributed by atoms with Crippen molar-refractivity contribution in [1.82, 2.24) is 9.88 Å². The van der Waals surface area contributed by atoms with E-state index in [-0.39, 0.29) is 23.6 Å². The molecule has 1 heterocycles. The third-order valence-electron chi connectivity index (χ3n) is 5.49. The number of ether oxygens (including phenoxy) is 1. The van der Waals surface area contributed by atoms with E-state index >= 15 is 0 Å². The topological polar surface area (TPSA) is 54.5 Å². The number of urea groups is 1. The summed E-state index contributed by atoms with van der Waals surface area (Å²) in [5.74, 6) is 0. The smallest absolute Gasteiger partial charge is 0.321 e. The summed E-state index contributed by atoms with van der Waals surface area (Å²) in [5.41, 5.74) is 1.66. The van der Waals surface area contributed by atoms with Crippen LogP contribution in [0.1, 0.15) is 31.2 Å². The Hall–Kier alpha value is -1.33. The number of hydrogen-bond donors (Lipinski definition) is 1. The molecule has 0 aliphatic heterocycles. The van der Waals surface area contributed by atoms with Gasteiger partial charge >= 0.3 is 6.03 Å². The average Bonchev–Trinajstić information content (AvgIpc) is 2.41. The van der Waals surface area contributed by atoms with Gasteiger partial charge < -0.3 is 15.0 Å². The van der Waals surface area contributed by atoms with Crippen LogP contribution in [0.3, 0.4) is 0 Å². The molecule has 22 heavy (non-hydrogen) atoms. The van der Waals surface area contributed by atoms with E-state index in [4.69, 9.17) is 16.3 Å². The Bertz CT molecular complexity index is 589. The molecule has 6 heteroatoms. The van der Waals surface area contributed by atoms with Crippen LogP contribution in [0.2, 0.25) is 5.02 Å². The zero-order valence-corrected chi connectivity index (χ0v) is 14.0. The van der Waals surface area contributed by atoms with Crippen molar-refractivity contribution in [2.24, 2.45) is 5.41 Å². The van der Waals surface area contributed by atoms with Crippen molar-refractivity contribution >= 4 is 23.3 Å². The minimum absolute atomic E-state index is 0.113. The lowest BCUT2D eigenvalue weighted by atomic mass is 9.50. The van der Waals surface area contributed by atoms with Crippen molar-refractivity contribution in [3.63, 3.8) is 0 Å². The molecular formula is C16H22ClN3O2. The van der Waals surface area contributed by atoms with Gasteiger partial charge in [0.2, 0.25) is 0 Å². The predicted octanol–water partition coefficient (Wildman–Crippen LogP) is 3.46. The number of rotatable bonds is 3. The van der Waals surface area contributed by atoms with E-state index in [9.17, 15) is 4.79 Å². The van der Waals surface area contributed by atoms with E-state index in [2.05, 4.69) is 10.3 Å². The van der Waals surface area contributed by atoms with Crippen LogP contribution in [0.4, 0.5) is 10.5 Å². The summed E-state index contributed by atoms with van der Waals surface area (Å²) in [7, 11) is 3.63. The van der Waals surface area contributed by atoms with E-state index in [1.807, 2.05) is 18.9 Å². The highest BCUT2D eigenvalue weighted by Crippen LogP contribution is 2.58. The van der Waals surface area contributed by atoms with E-state index in [1.54, 1.807) is 19.5 Å². The van der Waals surface area contributed by atoms with Crippen LogP contribution in [-0.4, -0.2) is 42.2 Å². The summed E-state index contributed by atoms with van der Waals surface area (Å²) in [6, 6.07) is 0.136. The minimum atomic E-state index is -0.113. The number of nitrogens with one attached hydrogen (secondary N) is 1. The van der Waals surface area contributed by atoms with Gasteiger partial charge in [0.1, 0.15) is 0 Å². The quantitative estimate of drug-likeness (QED) is 0.926. The zero-order valence-electron chi connectivity index (χ0n) is 13.2. The van der Waals surface area contributed by atoms with Gasteiger partial charge in [-0.05, 0) is 31.7 Å². The number of pyridine rings is 1. The maximum Gasteiger partial charge on any atom is 0.321 e. The third kappa shape index (κ3) is 2.27. The molecule has 0 saturated heterocycles. The Morgan fingerprint density at radius 3 is 2.82 bits per heavy atom. The molecule has 0 radical (unpaired) electrons. The Balaban J connectivity index is 1.69. The standard InChI is InChI=1S/C16H22ClN3O2/c1-10-11(17)8-18-9-12(10)19-15(21)20(2)13-7-14(22-3)16(13)5-4-6-16/h8-9,13-14H,4-7H2,1-3H3,(H,19,21). The van der Waals surface area contributed by atoms with Crippen LogP contribution in [0.15, 0.2) is 12.4 Å². The van der Waals surface area contributed by atoms with Gasteiger partial charge in [0.15, 0.2) is 0 Å². The molecule has 0 bridgehead atoms. The summed E-state index contributed by atoms with van der Waals surface area (Å²) >= 11 is 6.05. The summed E-state index contributed by atoms with van der Waals surface area (Å²) in [5, 5.41) is 3.47. The molecule has 2 amide bonds. The van der Waals surface area contributed by atoms with Crippen molar-refractivity contribution < 1.29 is 9.53 Å². The Labute approximate surface area is 136 Å². The number of amides is 2. The second kappa shape index (κ2) is 5.70. The zero-order chi connectivity index (χ0) is 15.9. The fraction of sp³-hybridized carbons (Fsp3) is 0.625. The molecule has 5 nitrogen and oxygen atoms in total. The Morgan fingerprint density at radius 2 is 2.23 bits per heavy atom. The largest absolute Gasteiger partial charge is 0.381 e. The number of halogens is 1. The third-order valence-corrected chi connectivity index (χ3v) is 5.88. The second-order valence-corrected chi connectivity index (χ2v) is 6.80. The average molecular weight is 324 g/mol. The lowest BCUT2D eigenvalue weighted by Crippen LogP contribution is -2.68. The number of aromatic nitrogens is 1. The van der Waals surface area contributed by atoms with Crippen molar-refractivity contribution in [1.29, 1.82) is 0 Å². The maximum absolute atomic E-state index is 12.5. The maximum atomic E-state index is 12.5. The first-order valence-electron chi connectivity index (χ1n) is 7.66. The number of hydrogen-bond acceptors (Lipinski definition) is 3. The first kappa shape index (κ1) is 15.6. The Kier molecular flexibility index (Phi) is 4.03. The van der Waals surface area contributed by atoms with E-state index in [1.165, 1.54) is 6.42 Å². The molecule has 2 aliphatic carbocycles. The minimum Gasteiger partial charge on any atom is -0.381 e. The first-order valence-corrected chi connectivity index (χ1v) is 8.04. The fourth-order valence-electron chi connectivity index (χ4n) is 3.81. The van der Waals surface area contributed by atoms with Crippen LogP contribution in [0.5, 0.6) is 0 Å². The highest BCUT2D eigenvalue weighted by Gasteiger charge is 2.60. The van der Waals surface area contributed by atoms with Crippen molar-refractivity contribution in [2.75, 3.05) is 19.5 Å². The van der Waals surface area contributed by atoms with Gasteiger partial charge in [-0.25, -0.2) is 4.79 Å². The van der Waals surface area contributed by atoms with Crippen LogP contribution >= 0.6 is 11.6 Å². The fourth-order valence-corrected chi connectivity index (χ4v) is 3.97. The molecular weight excluding hydrogens is 302 g/mol. The van der Waals surface area contributed by atoms with Gasteiger partial charge in [0.05, 0.1) is 23.0 Å². The first-order chi connectivity index (χ1) is 10.5. The Morgan fingerprint density at radius 1 is 1.50 bits per heavy atom. The molecule has 2 fully saturated rings. The molecule has 2 unspecified atom stereocenters. The number of carbonyl (C=O) groups is 1. The van der Waals surface area contributed by atoms with E-state index in [0.717, 1.165) is 24.8 Å². The van der Waals surface area contributed by atoms with Crippen LogP contribution < -0.4 is 5.32 Å². The molecule has 120 valence electrons. The highest BCUT2D eigenvalue weighted by atomic mass is 35.5. The second-order valence-electron chi connectivity index (χ2n) is 6.40. The summed E-state index contributed by atoms with van der Waals surface area (Å²) < 4.78 is 5.57. The summed E-state index contributed by atoms with van der Waals surface area (Å²) in [6.07, 6.45) is 7.92. The lowest BCUT2D eigenvalue weighted by Gasteiger charge is -2.62. The molecule has 1 aromatic rings. The van der Waals surface area contributed by atoms with Gasteiger partial charge in [-0.15, -0.1) is 0 Å². The molecule has 2 saturated carbocycles. The molecule has 1 spiro atoms. The molecule has 2 atom stereocenters. The number of nitrogens with zero attached hydrogens (tertiary/aromatic N) is 2. The van der Waals surface area contributed by atoms with Gasteiger partial charge in [-0.3, -0.25) is 4.98 Å². The van der Waals surface area contributed by atoms with Crippen molar-refractivity contribution in [3.8, 4) is 0 Å². The normalized spacial score (nSPS) is 25.3. The van der Waals surface area contributed by atoms with Gasteiger partial charge in [0, 0.05) is 31.8 Å².